The lowest BCUT2D eigenvalue weighted by molar-refractivity contribution is -0.139. The minimum absolute atomic E-state index is 0.261. The normalized spacial score (nSPS) is 13.6. The molecule has 0 spiro atoms. The fourth-order valence-electron chi connectivity index (χ4n) is 1.68. The SMILES string of the molecule is CC(C)NC(C(N)=O)c1ccc(F)cc1C(F)(F)F. The number of halogens is 4. The third kappa shape index (κ3) is 3.92. The molecule has 19 heavy (non-hydrogen) atoms. The topological polar surface area (TPSA) is 55.1 Å². The Morgan fingerprint density at radius 1 is 1.32 bits per heavy atom. The first-order valence-corrected chi connectivity index (χ1v) is 5.55. The van der Waals surface area contributed by atoms with E-state index in [9.17, 15) is 22.4 Å². The molecule has 1 aromatic rings. The number of nitrogens with two attached hydrogens (primary N) is 1. The van der Waals surface area contributed by atoms with Gasteiger partial charge in [-0.3, -0.25) is 10.1 Å². The van der Waals surface area contributed by atoms with Crippen molar-refractivity contribution in [2.75, 3.05) is 0 Å². The maximum absolute atomic E-state index is 13.0. The van der Waals surface area contributed by atoms with Crippen LogP contribution >= 0.6 is 0 Å². The third-order valence-electron chi connectivity index (χ3n) is 2.42. The van der Waals surface area contributed by atoms with Crippen molar-refractivity contribution in [1.82, 2.24) is 5.32 Å². The minimum atomic E-state index is -4.76. The largest absolute Gasteiger partial charge is 0.416 e. The fourth-order valence-corrected chi connectivity index (χ4v) is 1.68. The van der Waals surface area contributed by atoms with Crippen LogP contribution in [0.1, 0.15) is 31.0 Å². The van der Waals surface area contributed by atoms with Gasteiger partial charge in [-0.2, -0.15) is 13.2 Å². The van der Waals surface area contributed by atoms with E-state index in [0.717, 1.165) is 12.1 Å². The van der Waals surface area contributed by atoms with Crippen molar-refractivity contribution in [2.45, 2.75) is 32.1 Å². The standard InChI is InChI=1S/C12H14F4N2O/c1-6(2)18-10(11(17)19)8-4-3-7(13)5-9(8)12(14,15)16/h3-6,10,18H,1-2H3,(H2,17,19). The van der Waals surface area contributed by atoms with E-state index < -0.39 is 29.5 Å². The van der Waals surface area contributed by atoms with Crippen molar-refractivity contribution in [3.8, 4) is 0 Å². The summed E-state index contributed by atoms with van der Waals surface area (Å²) >= 11 is 0. The van der Waals surface area contributed by atoms with Gasteiger partial charge in [-0.25, -0.2) is 4.39 Å². The van der Waals surface area contributed by atoms with Gasteiger partial charge in [0.2, 0.25) is 5.91 Å². The van der Waals surface area contributed by atoms with Gasteiger partial charge >= 0.3 is 6.18 Å². The van der Waals surface area contributed by atoms with E-state index in [1.54, 1.807) is 13.8 Å². The Balaban J connectivity index is 3.34. The Kier molecular flexibility index (Phi) is 4.52. The fraction of sp³-hybridized carbons (Fsp3) is 0.417. The van der Waals surface area contributed by atoms with E-state index >= 15 is 0 Å². The molecule has 1 unspecified atom stereocenters. The summed E-state index contributed by atoms with van der Waals surface area (Å²) in [5, 5.41) is 2.63. The van der Waals surface area contributed by atoms with Crippen LogP contribution in [0.3, 0.4) is 0 Å². The van der Waals surface area contributed by atoms with Gasteiger partial charge in [0.25, 0.3) is 0 Å². The third-order valence-corrected chi connectivity index (χ3v) is 2.42. The van der Waals surface area contributed by atoms with Crippen LogP contribution in [0, 0.1) is 5.82 Å². The van der Waals surface area contributed by atoms with Gasteiger partial charge in [-0.05, 0) is 31.5 Å². The van der Waals surface area contributed by atoms with Gasteiger partial charge in [0, 0.05) is 6.04 Å². The number of primary amides is 1. The maximum Gasteiger partial charge on any atom is 0.416 e. The zero-order valence-electron chi connectivity index (χ0n) is 10.4. The van der Waals surface area contributed by atoms with Crippen LogP contribution in [0.4, 0.5) is 17.6 Å². The molecule has 7 heteroatoms. The highest BCUT2D eigenvalue weighted by atomic mass is 19.4. The predicted octanol–water partition coefficient (Wildman–Crippen LogP) is 2.37. The Bertz CT molecular complexity index is 471. The molecule has 1 amide bonds. The Morgan fingerprint density at radius 3 is 2.32 bits per heavy atom. The number of carbonyl (C=O) groups excluding carboxylic acids is 1. The van der Waals surface area contributed by atoms with E-state index in [2.05, 4.69) is 5.32 Å². The Hall–Kier alpha value is -1.63. The smallest absolute Gasteiger partial charge is 0.368 e. The first-order chi connectivity index (χ1) is 8.62. The molecule has 0 saturated heterocycles. The second kappa shape index (κ2) is 5.56. The van der Waals surface area contributed by atoms with Crippen LogP contribution in [-0.4, -0.2) is 11.9 Å². The lowest BCUT2D eigenvalue weighted by Gasteiger charge is -2.22. The molecule has 0 aliphatic heterocycles. The summed E-state index contributed by atoms with van der Waals surface area (Å²) in [6.07, 6.45) is -4.76. The quantitative estimate of drug-likeness (QED) is 0.831. The second-order valence-corrected chi connectivity index (χ2v) is 4.39. The van der Waals surface area contributed by atoms with Crippen molar-refractivity contribution in [3.05, 3.63) is 35.1 Å². The lowest BCUT2D eigenvalue weighted by Crippen LogP contribution is -2.38. The van der Waals surface area contributed by atoms with Crippen molar-refractivity contribution in [3.63, 3.8) is 0 Å². The first kappa shape index (κ1) is 15.4. The van der Waals surface area contributed by atoms with E-state index in [-0.39, 0.29) is 11.6 Å². The predicted molar refractivity (Wildman–Crippen MR) is 61.6 cm³/mol. The molecule has 0 aliphatic rings. The molecule has 106 valence electrons. The average Bonchev–Trinajstić information content (AvgIpc) is 2.24. The van der Waals surface area contributed by atoms with Gasteiger partial charge < -0.3 is 5.73 Å². The van der Waals surface area contributed by atoms with Crippen molar-refractivity contribution in [2.24, 2.45) is 5.73 Å². The van der Waals surface area contributed by atoms with Crippen LogP contribution < -0.4 is 11.1 Å². The molecule has 3 N–H and O–H groups in total. The molecule has 0 saturated carbocycles. The molecule has 0 bridgehead atoms. The Labute approximate surface area is 107 Å². The number of hydrogen-bond acceptors (Lipinski definition) is 2. The minimum Gasteiger partial charge on any atom is -0.368 e. The van der Waals surface area contributed by atoms with Crippen molar-refractivity contribution in [1.29, 1.82) is 0 Å². The molecular formula is C12H14F4N2O. The number of alkyl halides is 3. The van der Waals surface area contributed by atoms with Crippen molar-refractivity contribution >= 4 is 5.91 Å². The van der Waals surface area contributed by atoms with Gasteiger partial charge in [0.05, 0.1) is 5.56 Å². The monoisotopic (exact) mass is 278 g/mol. The second-order valence-electron chi connectivity index (χ2n) is 4.39. The summed E-state index contributed by atoms with van der Waals surface area (Å²) in [5.74, 6) is -1.98. The van der Waals surface area contributed by atoms with Gasteiger partial charge in [-0.1, -0.05) is 6.07 Å². The molecule has 0 fully saturated rings. The Morgan fingerprint density at radius 2 is 1.89 bits per heavy atom. The van der Waals surface area contributed by atoms with Crippen LogP contribution in [0.15, 0.2) is 18.2 Å². The summed E-state index contributed by atoms with van der Waals surface area (Å²) < 4.78 is 51.5. The van der Waals surface area contributed by atoms with E-state index in [0.29, 0.717) is 6.07 Å². The van der Waals surface area contributed by atoms with Crippen LogP contribution in [0.25, 0.3) is 0 Å². The zero-order chi connectivity index (χ0) is 14.8. The molecule has 1 aromatic carbocycles. The molecule has 0 aliphatic carbocycles. The first-order valence-electron chi connectivity index (χ1n) is 5.55. The summed E-state index contributed by atoms with van der Waals surface area (Å²) in [4.78, 5) is 11.3. The summed E-state index contributed by atoms with van der Waals surface area (Å²) in [7, 11) is 0. The van der Waals surface area contributed by atoms with Crippen LogP contribution in [0.5, 0.6) is 0 Å². The van der Waals surface area contributed by atoms with Gasteiger partial charge in [0.1, 0.15) is 11.9 Å². The molecule has 0 heterocycles. The van der Waals surface area contributed by atoms with Crippen LogP contribution in [-0.2, 0) is 11.0 Å². The van der Waals surface area contributed by atoms with E-state index in [1.807, 2.05) is 0 Å². The summed E-state index contributed by atoms with van der Waals surface area (Å²) in [6, 6.07) is 0.555. The molecule has 1 atom stereocenters. The number of nitrogens with one attached hydrogen (secondary N) is 1. The summed E-state index contributed by atoms with van der Waals surface area (Å²) in [6.45, 7) is 3.32. The van der Waals surface area contributed by atoms with Crippen LogP contribution in [0.2, 0.25) is 0 Å². The van der Waals surface area contributed by atoms with Crippen molar-refractivity contribution < 1.29 is 22.4 Å². The number of amides is 1. The molecular weight excluding hydrogens is 264 g/mol. The van der Waals surface area contributed by atoms with E-state index in [1.165, 1.54) is 0 Å². The molecule has 0 radical (unpaired) electrons. The molecule has 1 rings (SSSR count). The number of benzene rings is 1. The highest BCUT2D eigenvalue weighted by molar-refractivity contribution is 5.82. The number of hydrogen-bond donors (Lipinski definition) is 2. The molecule has 3 nitrogen and oxygen atoms in total. The van der Waals surface area contributed by atoms with E-state index in [4.69, 9.17) is 5.73 Å². The molecule has 0 aromatic heterocycles. The zero-order valence-corrected chi connectivity index (χ0v) is 10.4. The number of rotatable bonds is 4. The number of carbonyl (C=O) groups is 1. The maximum atomic E-state index is 13.0. The lowest BCUT2D eigenvalue weighted by atomic mass is 9.98. The average molecular weight is 278 g/mol. The highest BCUT2D eigenvalue weighted by Gasteiger charge is 2.37. The van der Waals surface area contributed by atoms with Gasteiger partial charge in [-0.15, -0.1) is 0 Å². The highest BCUT2D eigenvalue weighted by Crippen LogP contribution is 2.35. The summed E-state index contributed by atoms with van der Waals surface area (Å²) in [5.41, 5.74) is 3.52. The van der Waals surface area contributed by atoms with Gasteiger partial charge in [0.15, 0.2) is 0 Å².